The fraction of sp³-hybridized carbons (Fsp3) is 0.360. The zero-order chi connectivity index (χ0) is 23.2. The molecule has 2 aromatic carbocycles. The fourth-order valence-electron chi connectivity index (χ4n) is 4.22. The number of hydrogen-bond acceptors (Lipinski definition) is 6. The number of imide groups is 1. The molecule has 2 aromatic rings. The minimum absolute atomic E-state index is 0.0531. The molecule has 0 bridgehead atoms. The Hall–Kier alpha value is -3.54. The first-order chi connectivity index (χ1) is 16.1. The molecule has 4 rings (SSSR count). The normalized spacial score (nSPS) is 18.9. The summed E-state index contributed by atoms with van der Waals surface area (Å²) in [6, 6.07) is 16.9. The molecule has 0 aromatic heterocycles. The third kappa shape index (κ3) is 5.28. The Kier molecular flexibility index (Phi) is 7.13. The number of morpholine rings is 1. The Bertz CT molecular complexity index is 1040. The van der Waals surface area contributed by atoms with E-state index in [0.717, 1.165) is 23.6 Å². The first-order valence-corrected chi connectivity index (χ1v) is 11.1. The zero-order valence-corrected chi connectivity index (χ0v) is 18.4. The van der Waals surface area contributed by atoms with Crippen LogP contribution < -0.4 is 4.90 Å². The van der Waals surface area contributed by atoms with E-state index in [-0.39, 0.29) is 24.7 Å². The van der Waals surface area contributed by atoms with Crippen molar-refractivity contribution in [1.29, 1.82) is 5.26 Å². The minimum atomic E-state index is -0.842. The van der Waals surface area contributed by atoms with Crippen LogP contribution in [0.15, 0.2) is 54.6 Å². The Morgan fingerprint density at radius 3 is 2.42 bits per heavy atom. The first-order valence-electron chi connectivity index (χ1n) is 11.1. The van der Waals surface area contributed by atoms with Crippen molar-refractivity contribution >= 4 is 23.4 Å². The Morgan fingerprint density at radius 1 is 1.06 bits per heavy atom. The molecule has 1 unspecified atom stereocenters. The van der Waals surface area contributed by atoms with Gasteiger partial charge in [0.1, 0.15) is 6.04 Å². The first kappa shape index (κ1) is 22.6. The van der Waals surface area contributed by atoms with Gasteiger partial charge in [-0.1, -0.05) is 30.3 Å². The SMILES string of the molecule is N#Cc1ccc(N2C(=O)CC(N(CCN3CCOCC3)C(=O)Cc3ccccc3)C2=O)cc1. The van der Waals surface area contributed by atoms with Crippen LogP contribution in [0.25, 0.3) is 0 Å². The standard InChI is InChI=1S/C25H26N4O4/c26-18-20-6-8-21(9-7-20)29-24(31)17-22(25(29)32)28(11-10-27-12-14-33-15-13-27)23(30)16-19-4-2-1-3-5-19/h1-9,22H,10-17H2. The van der Waals surface area contributed by atoms with Gasteiger partial charge in [0, 0.05) is 26.2 Å². The van der Waals surface area contributed by atoms with Crippen molar-refractivity contribution in [3.05, 3.63) is 65.7 Å². The van der Waals surface area contributed by atoms with E-state index in [1.807, 2.05) is 36.4 Å². The highest BCUT2D eigenvalue weighted by molar-refractivity contribution is 6.23. The number of ether oxygens (including phenoxy) is 1. The van der Waals surface area contributed by atoms with Crippen LogP contribution in [0.1, 0.15) is 17.5 Å². The topological polar surface area (TPSA) is 93.9 Å². The molecule has 2 aliphatic heterocycles. The molecule has 33 heavy (non-hydrogen) atoms. The van der Waals surface area contributed by atoms with E-state index < -0.39 is 11.9 Å². The summed E-state index contributed by atoms with van der Waals surface area (Å²) in [5.74, 6) is -0.936. The molecule has 1 atom stereocenters. The number of amides is 3. The van der Waals surface area contributed by atoms with Crippen molar-refractivity contribution in [1.82, 2.24) is 9.80 Å². The van der Waals surface area contributed by atoms with Crippen LogP contribution in [0.3, 0.4) is 0 Å². The molecule has 8 heteroatoms. The summed E-state index contributed by atoms with van der Waals surface area (Å²) in [6.45, 7) is 3.80. The van der Waals surface area contributed by atoms with E-state index in [0.29, 0.717) is 37.6 Å². The van der Waals surface area contributed by atoms with Crippen molar-refractivity contribution in [2.75, 3.05) is 44.3 Å². The maximum absolute atomic E-state index is 13.3. The predicted molar refractivity (Wildman–Crippen MR) is 121 cm³/mol. The molecule has 0 spiro atoms. The van der Waals surface area contributed by atoms with E-state index in [1.165, 1.54) is 0 Å². The highest BCUT2D eigenvalue weighted by Crippen LogP contribution is 2.26. The average Bonchev–Trinajstić information content (AvgIpc) is 3.14. The molecule has 0 radical (unpaired) electrons. The van der Waals surface area contributed by atoms with Gasteiger partial charge in [-0.15, -0.1) is 0 Å². The highest BCUT2D eigenvalue weighted by Gasteiger charge is 2.44. The number of anilines is 1. The Labute approximate surface area is 192 Å². The van der Waals surface area contributed by atoms with Gasteiger partial charge in [-0.25, -0.2) is 4.90 Å². The fourth-order valence-corrected chi connectivity index (χ4v) is 4.22. The van der Waals surface area contributed by atoms with Gasteiger partial charge >= 0.3 is 0 Å². The molecule has 3 amide bonds. The van der Waals surface area contributed by atoms with E-state index in [4.69, 9.17) is 10.00 Å². The molecule has 2 aliphatic rings. The van der Waals surface area contributed by atoms with E-state index in [1.54, 1.807) is 29.2 Å². The number of nitrogens with zero attached hydrogens (tertiary/aromatic N) is 4. The second kappa shape index (κ2) is 10.4. The van der Waals surface area contributed by atoms with Crippen molar-refractivity contribution in [3.8, 4) is 6.07 Å². The lowest BCUT2D eigenvalue weighted by Crippen LogP contribution is -2.50. The molecule has 2 heterocycles. The summed E-state index contributed by atoms with van der Waals surface area (Å²) in [5.41, 5.74) is 1.72. The van der Waals surface area contributed by atoms with Crippen molar-refractivity contribution < 1.29 is 19.1 Å². The van der Waals surface area contributed by atoms with Gasteiger partial charge in [0.2, 0.25) is 11.8 Å². The predicted octanol–water partition coefficient (Wildman–Crippen LogP) is 1.59. The molecule has 0 saturated carbocycles. The number of carbonyl (C=O) groups excluding carboxylic acids is 3. The largest absolute Gasteiger partial charge is 0.379 e. The van der Waals surface area contributed by atoms with Crippen molar-refractivity contribution in [3.63, 3.8) is 0 Å². The van der Waals surface area contributed by atoms with Crippen LogP contribution in [-0.2, 0) is 25.5 Å². The van der Waals surface area contributed by atoms with Gasteiger partial charge in [-0.2, -0.15) is 5.26 Å². The molecule has 8 nitrogen and oxygen atoms in total. The Morgan fingerprint density at radius 2 is 1.76 bits per heavy atom. The number of nitriles is 1. The molecular weight excluding hydrogens is 420 g/mol. The molecule has 2 fully saturated rings. The third-order valence-corrected chi connectivity index (χ3v) is 6.03. The lowest BCUT2D eigenvalue weighted by atomic mass is 10.1. The number of rotatable bonds is 7. The van der Waals surface area contributed by atoms with Gasteiger partial charge in [-0.05, 0) is 29.8 Å². The molecule has 2 saturated heterocycles. The number of carbonyl (C=O) groups is 3. The molecule has 0 aliphatic carbocycles. The maximum Gasteiger partial charge on any atom is 0.257 e. The van der Waals surface area contributed by atoms with Gasteiger partial charge in [-0.3, -0.25) is 19.3 Å². The average molecular weight is 447 g/mol. The van der Waals surface area contributed by atoms with Crippen LogP contribution in [0.5, 0.6) is 0 Å². The van der Waals surface area contributed by atoms with E-state index in [9.17, 15) is 14.4 Å². The Balaban J connectivity index is 1.54. The molecular formula is C25H26N4O4. The summed E-state index contributed by atoms with van der Waals surface area (Å²) in [4.78, 5) is 44.4. The van der Waals surface area contributed by atoms with E-state index in [2.05, 4.69) is 4.90 Å². The minimum Gasteiger partial charge on any atom is -0.379 e. The van der Waals surface area contributed by atoms with E-state index >= 15 is 0 Å². The quantitative estimate of drug-likeness (QED) is 0.600. The summed E-state index contributed by atoms with van der Waals surface area (Å²) in [6.07, 6.45) is 0.112. The second-order valence-corrected chi connectivity index (χ2v) is 8.15. The van der Waals surface area contributed by atoms with Gasteiger partial charge in [0.15, 0.2) is 0 Å². The van der Waals surface area contributed by atoms with Gasteiger partial charge in [0.05, 0.1) is 43.4 Å². The summed E-state index contributed by atoms with van der Waals surface area (Å²) >= 11 is 0. The van der Waals surface area contributed by atoms with Crippen molar-refractivity contribution in [2.24, 2.45) is 0 Å². The van der Waals surface area contributed by atoms with Crippen LogP contribution in [0.2, 0.25) is 0 Å². The smallest absolute Gasteiger partial charge is 0.257 e. The maximum atomic E-state index is 13.3. The summed E-state index contributed by atoms with van der Waals surface area (Å²) in [5, 5.41) is 9.01. The lowest BCUT2D eigenvalue weighted by Gasteiger charge is -2.32. The summed E-state index contributed by atoms with van der Waals surface area (Å²) in [7, 11) is 0. The number of benzene rings is 2. The summed E-state index contributed by atoms with van der Waals surface area (Å²) < 4.78 is 5.40. The van der Waals surface area contributed by atoms with Crippen LogP contribution in [-0.4, -0.2) is 73.0 Å². The van der Waals surface area contributed by atoms with Gasteiger partial charge in [0.25, 0.3) is 5.91 Å². The van der Waals surface area contributed by atoms with Gasteiger partial charge < -0.3 is 9.64 Å². The highest BCUT2D eigenvalue weighted by atomic mass is 16.5. The number of hydrogen-bond donors (Lipinski definition) is 0. The van der Waals surface area contributed by atoms with Crippen molar-refractivity contribution in [2.45, 2.75) is 18.9 Å². The van der Waals surface area contributed by atoms with Crippen LogP contribution in [0, 0.1) is 11.3 Å². The zero-order valence-electron chi connectivity index (χ0n) is 18.4. The molecule has 0 N–H and O–H groups in total. The van der Waals surface area contributed by atoms with Crippen LogP contribution in [0.4, 0.5) is 5.69 Å². The van der Waals surface area contributed by atoms with Crippen LogP contribution >= 0.6 is 0 Å². The second-order valence-electron chi connectivity index (χ2n) is 8.15. The lowest BCUT2D eigenvalue weighted by molar-refractivity contribution is -0.138. The third-order valence-electron chi connectivity index (χ3n) is 6.03. The monoisotopic (exact) mass is 446 g/mol. The molecule has 170 valence electrons.